The molecule has 2 amide bonds. The van der Waals surface area contributed by atoms with Crippen LogP contribution in [-0.2, 0) is 4.79 Å². The summed E-state index contributed by atoms with van der Waals surface area (Å²) in [6, 6.07) is 9.25. The molecule has 1 heterocycles. The second kappa shape index (κ2) is 7.02. The molecule has 22 heavy (non-hydrogen) atoms. The van der Waals surface area contributed by atoms with Crippen molar-refractivity contribution in [3.8, 4) is 0 Å². The fourth-order valence-corrected chi connectivity index (χ4v) is 2.43. The lowest BCUT2D eigenvalue weighted by Crippen LogP contribution is -2.41. The summed E-state index contributed by atoms with van der Waals surface area (Å²) in [4.78, 5) is 32.2. The molecular formula is C17H21N3O2. The van der Waals surface area contributed by atoms with Crippen LogP contribution in [0.5, 0.6) is 0 Å². The Kier molecular flexibility index (Phi) is 5.09. The zero-order chi connectivity index (χ0) is 16.1. The maximum atomic E-state index is 12.6. The number of rotatable bonds is 5. The van der Waals surface area contributed by atoms with Crippen LogP contribution in [0.1, 0.15) is 24.2 Å². The Bertz CT molecular complexity index is 675. The zero-order valence-corrected chi connectivity index (χ0v) is 13.2. The van der Waals surface area contributed by atoms with Gasteiger partial charge >= 0.3 is 0 Å². The average Bonchev–Trinajstić information content (AvgIpc) is 2.54. The van der Waals surface area contributed by atoms with E-state index in [2.05, 4.69) is 4.98 Å². The second-order valence-electron chi connectivity index (χ2n) is 5.11. The molecule has 0 N–H and O–H groups in total. The van der Waals surface area contributed by atoms with Crippen LogP contribution < -0.4 is 0 Å². The highest BCUT2D eigenvalue weighted by atomic mass is 16.2. The maximum Gasteiger partial charge on any atom is 0.256 e. The minimum Gasteiger partial charge on any atom is -0.342 e. The zero-order valence-electron chi connectivity index (χ0n) is 13.2. The second-order valence-corrected chi connectivity index (χ2v) is 5.11. The molecule has 0 aliphatic carbocycles. The first-order chi connectivity index (χ1) is 10.6. The molecule has 0 bridgehead atoms. The Balaban J connectivity index is 2.21. The van der Waals surface area contributed by atoms with Crippen LogP contribution in [0, 0.1) is 0 Å². The van der Waals surface area contributed by atoms with Crippen LogP contribution >= 0.6 is 0 Å². The number of likely N-dealkylation sites (N-methyl/N-ethyl adjacent to an activating group) is 2. The van der Waals surface area contributed by atoms with Gasteiger partial charge in [0.15, 0.2) is 0 Å². The first kappa shape index (κ1) is 15.9. The van der Waals surface area contributed by atoms with Gasteiger partial charge in [0, 0.05) is 31.7 Å². The van der Waals surface area contributed by atoms with Crippen molar-refractivity contribution in [2.45, 2.75) is 13.8 Å². The SMILES string of the molecule is CCN(CC)C(=O)CN(C)C(=O)c1cccc2cccnc12. The highest BCUT2D eigenvalue weighted by Gasteiger charge is 2.19. The minimum absolute atomic E-state index is 0.0472. The molecule has 0 radical (unpaired) electrons. The van der Waals surface area contributed by atoms with E-state index >= 15 is 0 Å². The van der Waals surface area contributed by atoms with Gasteiger partial charge in [-0.2, -0.15) is 0 Å². The number of pyridine rings is 1. The molecule has 116 valence electrons. The highest BCUT2D eigenvalue weighted by molar-refractivity contribution is 6.06. The van der Waals surface area contributed by atoms with Gasteiger partial charge in [-0.15, -0.1) is 0 Å². The molecule has 1 aromatic heterocycles. The molecule has 5 heteroatoms. The standard InChI is InChI=1S/C17H21N3O2/c1-4-20(5-2)15(21)12-19(3)17(22)14-10-6-8-13-9-7-11-18-16(13)14/h6-11H,4-5,12H2,1-3H3. The fourth-order valence-electron chi connectivity index (χ4n) is 2.43. The molecule has 0 spiro atoms. The van der Waals surface area contributed by atoms with Gasteiger partial charge in [0.2, 0.25) is 5.91 Å². The number of carbonyl (C=O) groups is 2. The molecule has 1 aromatic carbocycles. The van der Waals surface area contributed by atoms with Gasteiger partial charge < -0.3 is 9.80 Å². The summed E-state index contributed by atoms with van der Waals surface area (Å²) in [6.07, 6.45) is 1.67. The molecule has 5 nitrogen and oxygen atoms in total. The number of hydrogen-bond acceptors (Lipinski definition) is 3. The molecule has 0 saturated carbocycles. The van der Waals surface area contributed by atoms with Crippen molar-refractivity contribution in [1.29, 1.82) is 0 Å². The Hall–Kier alpha value is -2.43. The molecule has 0 aliphatic heterocycles. The Morgan fingerprint density at radius 1 is 1.09 bits per heavy atom. The van der Waals surface area contributed by atoms with E-state index in [1.165, 1.54) is 4.90 Å². The van der Waals surface area contributed by atoms with Crippen LogP contribution in [0.2, 0.25) is 0 Å². The van der Waals surface area contributed by atoms with Crippen molar-refractivity contribution in [1.82, 2.24) is 14.8 Å². The lowest BCUT2D eigenvalue weighted by atomic mass is 10.1. The number of para-hydroxylation sites is 1. The van der Waals surface area contributed by atoms with Gasteiger partial charge in [-0.25, -0.2) is 0 Å². The van der Waals surface area contributed by atoms with Crippen molar-refractivity contribution in [2.24, 2.45) is 0 Å². The summed E-state index contributed by atoms with van der Waals surface area (Å²) in [5.41, 5.74) is 1.19. The number of benzene rings is 1. The van der Waals surface area contributed by atoms with Gasteiger partial charge in [0.05, 0.1) is 17.6 Å². The van der Waals surface area contributed by atoms with E-state index in [1.807, 2.05) is 38.1 Å². The van der Waals surface area contributed by atoms with Crippen LogP contribution in [0.4, 0.5) is 0 Å². The summed E-state index contributed by atoms with van der Waals surface area (Å²) in [7, 11) is 1.64. The summed E-state index contributed by atoms with van der Waals surface area (Å²) >= 11 is 0. The van der Waals surface area contributed by atoms with Gasteiger partial charge in [-0.3, -0.25) is 14.6 Å². The molecule has 0 fully saturated rings. The topological polar surface area (TPSA) is 53.5 Å². The first-order valence-electron chi connectivity index (χ1n) is 7.45. The molecule has 0 saturated heterocycles. The minimum atomic E-state index is -0.190. The van der Waals surface area contributed by atoms with Gasteiger partial charge in [-0.05, 0) is 26.0 Å². The Labute approximate surface area is 130 Å². The van der Waals surface area contributed by atoms with E-state index in [0.717, 1.165) is 5.39 Å². The van der Waals surface area contributed by atoms with E-state index < -0.39 is 0 Å². The number of nitrogens with zero attached hydrogens (tertiary/aromatic N) is 3. The third kappa shape index (κ3) is 3.24. The third-order valence-corrected chi connectivity index (χ3v) is 3.70. The van der Waals surface area contributed by atoms with E-state index in [0.29, 0.717) is 24.2 Å². The van der Waals surface area contributed by atoms with E-state index in [-0.39, 0.29) is 18.4 Å². The highest BCUT2D eigenvalue weighted by Crippen LogP contribution is 2.17. The summed E-state index contributed by atoms with van der Waals surface area (Å²) in [5, 5.41) is 0.914. The van der Waals surface area contributed by atoms with E-state index in [4.69, 9.17) is 0 Å². The Morgan fingerprint density at radius 2 is 1.77 bits per heavy atom. The molecule has 0 atom stereocenters. The molecule has 2 rings (SSSR count). The van der Waals surface area contributed by atoms with Crippen molar-refractivity contribution >= 4 is 22.7 Å². The number of amides is 2. The van der Waals surface area contributed by atoms with E-state index in [9.17, 15) is 9.59 Å². The summed E-state index contributed by atoms with van der Waals surface area (Å²) in [6.45, 7) is 5.22. The lowest BCUT2D eigenvalue weighted by molar-refractivity contribution is -0.131. The van der Waals surface area contributed by atoms with Crippen LogP contribution in [0.25, 0.3) is 10.9 Å². The van der Waals surface area contributed by atoms with Crippen molar-refractivity contribution < 1.29 is 9.59 Å². The molecule has 2 aromatic rings. The average molecular weight is 299 g/mol. The number of hydrogen-bond donors (Lipinski definition) is 0. The predicted octanol–water partition coefficient (Wildman–Crippen LogP) is 2.18. The lowest BCUT2D eigenvalue weighted by Gasteiger charge is -2.23. The van der Waals surface area contributed by atoms with Crippen LogP contribution in [0.3, 0.4) is 0 Å². The largest absolute Gasteiger partial charge is 0.342 e. The number of aromatic nitrogens is 1. The molecule has 0 aliphatic rings. The quantitative estimate of drug-likeness (QED) is 0.850. The number of fused-ring (bicyclic) bond motifs is 1. The molecule has 0 unspecified atom stereocenters. The van der Waals surface area contributed by atoms with Gasteiger partial charge in [-0.1, -0.05) is 18.2 Å². The number of carbonyl (C=O) groups excluding carboxylic acids is 2. The fraction of sp³-hybridized carbons (Fsp3) is 0.353. The first-order valence-corrected chi connectivity index (χ1v) is 7.45. The van der Waals surface area contributed by atoms with Crippen molar-refractivity contribution in [2.75, 3.05) is 26.7 Å². The van der Waals surface area contributed by atoms with Gasteiger partial charge in [0.25, 0.3) is 5.91 Å². The van der Waals surface area contributed by atoms with Crippen molar-refractivity contribution in [3.05, 3.63) is 42.1 Å². The predicted molar refractivity (Wildman–Crippen MR) is 86.6 cm³/mol. The van der Waals surface area contributed by atoms with Crippen molar-refractivity contribution in [3.63, 3.8) is 0 Å². The Morgan fingerprint density at radius 3 is 2.45 bits per heavy atom. The van der Waals surface area contributed by atoms with Gasteiger partial charge in [0.1, 0.15) is 0 Å². The summed E-state index contributed by atoms with van der Waals surface area (Å²) in [5.74, 6) is -0.237. The molecular weight excluding hydrogens is 278 g/mol. The van der Waals surface area contributed by atoms with E-state index in [1.54, 1.807) is 24.2 Å². The monoisotopic (exact) mass is 299 g/mol. The van der Waals surface area contributed by atoms with Crippen LogP contribution in [-0.4, -0.2) is 53.3 Å². The smallest absolute Gasteiger partial charge is 0.256 e. The third-order valence-electron chi connectivity index (χ3n) is 3.70. The van der Waals surface area contributed by atoms with Crippen LogP contribution in [0.15, 0.2) is 36.5 Å². The normalized spacial score (nSPS) is 10.5. The summed E-state index contributed by atoms with van der Waals surface area (Å²) < 4.78 is 0. The maximum absolute atomic E-state index is 12.6.